The number of aromatic nitrogens is 3. The topological polar surface area (TPSA) is 69.9 Å². The minimum absolute atomic E-state index is 0.392. The molecule has 0 aromatic carbocycles. The van der Waals surface area contributed by atoms with E-state index in [0.29, 0.717) is 16.9 Å². The third kappa shape index (κ3) is 1.46. The van der Waals surface area contributed by atoms with Gasteiger partial charge in [-0.1, -0.05) is 5.21 Å². The lowest BCUT2D eigenvalue weighted by Crippen LogP contribution is -1.94. The van der Waals surface area contributed by atoms with Crippen LogP contribution < -0.4 is 5.73 Å². The molecule has 5 nitrogen and oxygen atoms in total. The Bertz CT molecular complexity index is 428. The second-order valence-electron chi connectivity index (χ2n) is 2.82. The quantitative estimate of drug-likeness (QED) is 0.880. The second-order valence-corrected chi connectivity index (χ2v) is 3.57. The largest absolute Gasteiger partial charge is 0.458 e. The fourth-order valence-corrected chi connectivity index (χ4v) is 1.73. The summed E-state index contributed by atoms with van der Waals surface area (Å²) in [6.45, 7) is 0.392. The molecule has 2 aromatic heterocycles. The van der Waals surface area contributed by atoms with Gasteiger partial charge in [0.1, 0.15) is 11.5 Å². The summed E-state index contributed by atoms with van der Waals surface area (Å²) in [5, 5.41) is 7.72. The van der Waals surface area contributed by atoms with Crippen LogP contribution in [0.5, 0.6) is 0 Å². The van der Waals surface area contributed by atoms with Crippen LogP contribution >= 0.6 is 15.9 Å². The van der Waals surface area contributed by atoms with E-state index in [1.165, 1.54) is 0 Å². The van der Waals surface area contributed by atoms with Crippen molar-refractivity contribution in [3.63, 3.8) is 0 Å². The average molecular weight is 257 g/mol. The van der Waals surface area contributed by atoms with Gasteiger partial charge in [-0.05, 0) is 28.1 Å². The Hall–Kier alpha value is -1.14. The lowest BCUT2D eigenvalue weighted by Gasteiger charge is -1.96. The van der Waals surface area contributed by atoms with Crippen LogP contribution in [0.15, 0.2) is 21.2 Å². The predicted molar refractivity (Wildman–Crippen MR) is 54.3 cm³/mol. The fourth-order valence-electron chi connectivity index (χ4n) is 1.21. The van der Waals surface area contributed by atoms with E-state index in [-0.39, 0.29) is 0 Å². The number of hydrogen-bond acceptors (Lipinski definition) is 4. The molecule has 14 heavy (non-hydrogen) atoms. The standard InChI is InChI=1S/C8H9BrN4O/c1-13-7(8(9)11-12-13)6-3-2-5(4-10)14-6/h2-3H,4,10H2,1H3. The van der Waals surface area contributed by atoms with Gasteiger partial charge in [-0.15, -0.1) is 5.10 Å². The van der Waals surface area contributed by atoms with Crippen molar-refractivity contribution in [1.82, 2.24) is 15.0 Å². The first-order valence-electron chi connectivity index (χ1n) is 4.06. The van der Waals surface area contributed by atoms with E-state index < -0.39 is 0 Å². The molecule has 2 heterocycles. The third-order valence-corrected chi connectivity index (χ3v) is 2.42. The zero-order valence-electron chi connectivity index (χ0n) is 7.57. The SMILES string of the molecule is Cn1nnc(Br)c1-c1ccc(CN)o1. The molecule has 0 saturated heterocycles. The molecule has 0 amide bonds. The highest BCUT2D eigenvalue weighted by Crippen LogP contribution is 2.26. The van der Waals surface area contributed by atoms with E-state index in [9.17, 15) is 0 Å². The molecule has 6 heteroatoms. The summed E-state index contributed by atoms with van der Waals surface area (Å²) in [6.07, 6.45) is 0. The summed E-state index contributed by atoms with van der Waals surface area (Å²) in [4.78, 5) is 0. The van der Waals surface area contributed by atoms with E-state index in [0.717, 1.165) is 11.5 Å². The van der Waals surface area contributed by atoms with Crippen molar-refractivity contribution < 1.29 is 4.42 Å². The van der Waals surface area contributed by atoms with Crippen molar-refractivity contribution >= 4 is 15.9 Å². The summed E-state index contributed by atoms with van der Waals surface area (Å²) < 4.78 is 7.79. The molecule has 2 aromatic rings. The maximum absolute atomic E-state index is 5.48. The van der Waals surface area contributed by atoms with Gasteiger partial charge in [0.15, 0.2) is 10.4 Å². The van der Waals surface area contributed by atoms with Crippen molar-refractivity contribution in [1.29, 1.82) is 0 Å². The molecule has 0 fully saturated rings. The number of hydrogen-bond donors (Lipinski definition) is 1. The van der Waals surface area contributed by atoms with E-state index in [1.54, 1.807) is 11.7 Å². The average Bonchev–Trinajstić information content (AvgIpc) is 2.73. The van der Waals surface area contributed by atoms with Gasteiger partial charge in [-0.2, -0.15) is 0 Å². The smallest absolute Gasteiger partial charge is 0.159 e. The summed E-state index contributed by atoms with van der Waals surface area (Å²) >= 11 is 3.30. The highest BCUT2D eigenvalue weighted by atomic mass is 79.9. The number of furan rings is 1. The molecule has 0 radical (unpaired) electrons. The Morgan fingerprint density at radius 2 is 2.36 bits per heavy atom. The lowest BCUT2D eigenvalue weighted by molar-refractivity contribution is 0.519. The monoisotopic (exact) mass is 256 g/mol. The fraction of sp³-hybridized carbons (Fsp3) is 0.250. The highest BCUT2D eigenvalue weighted by molar-refractivity contribution is 9.10. The maximum Gasteiger partial charge on any atom is 0.159 e. The van der Waals surface area contributed by atoms with Crippen LogP contribution in [0.3, 0.4) is 0 Å². The van der Waals surface area contributed by atoms with E-state index >= 15 is 0 Å². The predicted octanol–water partition coefficient (Wildman–Crippen LogP) is 1.30. The second kappa shape index (κ2) is 3.55. The van der Waals surface area contributed by atoms with Crippen molar-refractivity contribution in [3.05, 3.63) is 22.5 Å². The molecule has 0 aliphatic carbocycles. The van der Waals surface area contributed by atoms with Gasteiger partial charge in [0.05, 0.1) is 6.54 Å². The van der Waals surface area contributed by atoms with Crippen LogP contribution in [0.2, 0.25) is 0 Å². The van der Waals surface area contributed by atoms with E-state index in [1.807, 2.05) is 12.1 Å². The summed E-state index contributed by atoms with van der Waals surface area (Å²) in [7, 11) is 1.80. The minimum Gasteiger partial charge on any atom is -0.458 e. The molecule has 2 rings (SSSR count). The van der Waals surface area contributed by atoms with Crippen LogP contribution in [0.1, 0.15) is 5.76 Å². The van der Waals surface area contributed by atoms with Gasteiger partial charge in [-0.3, -0.25) is 0 Å². The molecule has 2 N–H and O–H groups in total. The van der Waals surface area contributed by atoms with Gasteiger partial charge >= 0.3 is 0 Å². The first-order valence-corrected chi connectivity index (χ1v) is 4.86. The van der Waals surface area contributed by atoms with Gasteiger partial charge in [0, 0.05) is 7.05 Å². The van der Waals surface area contributed by atoms with Crippen LogP contribution in [-0.4, -0.2) is 15.0 Å². The number of aryl methyl sites for hydroxylation is 1. The van der Waals surface area contributed by atoms with Crippen LogP contribution in [-0.2, 0) is 13.6 Å². The highest BCUT2D eigenvalue weighted by Gasteiger charge is 2.13. The Kier molecular flexibility index (Phi) is 2.39. The van der Waals surface area contributed by atoms with E-state index in [2.05, 4.69) is 26.2 Å². The van der Waals surface area contributed by atoms with Crippen molar-refractivity contribution in [3.8, 4) is 11.5 Å². The zero-order valence-corrected chi connectivity index (χ0v) is 9.15. The Labute approximate surface area is 89.0 Å². The summed E-state index contributed by atoms with van der Waals surface area (Å²) in [5.74, 6) is 1.46. The molecule has 74 valence electrons. The molecule has 0 atom stereocenters. The lowest BCUT2D eigenvalue weighted by atomic mass is 10.3. The maximum atomic E-state index is 5.48. The first kappa shape index (κ1) is 9.42. The Morgan fingerprint density at radius 1 is 1.57 bits per heavy atom. The normalized spacial score (nSPS) is 10.8. The van der Waals surface area contributed by atoms with E-state index in [4.69, 9.17) is 10.2 Å². The van der Waals surface area contributed by atoms with Crippen molar-refractivity contribution in [2.24, 2.45) is 12.8 Å². The zero-order chi connectivity index (χ0) is 10.1. The molecule has 0 aliphatic rings. The van der Waals surface area contributed by atoms with Gasteiger partial charge in [-0.25, -0.2) is 4.68 Å². The van der Waals surface area contributed by atoms with Crippen molar-refractivity contribution in [2.45, 2.75) is 6.54 Å². The van der Waals surface area contributed by atoms with Gasteiger partial charge in [0.2, 0.25) is 0 Å². The molecule has 0 bridgehead atoms. The minimum atomic E-state index is 0.392. The van der Waals surface area contributed by atoms with Gasteiger partial charge in [0.25, 0.3) is 0 Å². The van der Waals surface area contributed by atoms with Crippen molar-refractivity contribution in [2.75, 3.05) is 0 Å². The molecule has 0 spiro atoms. The summed E-state index contributed by atoms with van der Waals surface area (Å²) in [6, 6.07) is 3.69. The molecule has 0 unspecified atom stereocenters. The third-order valence-electron chi connectivity index (χ3n) is 1.88. The van der Waals surface area contributed by atoms with Crippen LogP contribution in [0.4, 0.5) is 0 Å². The number of halogens is 1. The van der Waals surface area contributed by atoms with Gasteiger partial charge < -0.3 is 10.2 Å². The molecule has 0 aliphatic heterocycles. The molecule has 0 saturated carbocycles. The Morgan fingerprint density at radius 3 is 2.86 bits per heavy atom. The number of nitrogens with two attached hydrogens (primary N) is 1. The first-order chi connectivity index (χ1) is 6.72. The van der Waals surface area contributed by atoms with Crippen LogP contribution in [0, 0.1) is 0 Å². The number of rotatable bonds is 2. The van der Waals surface area contributed by atoms with Crippen LogP contribution in [0.25, 0.3) is 11.5 Å². The summed E-state index contributed by atoms with van der Waals surface area (Å²) in [5.41, 5.74) is 6.26. The Balaban J connectivity index is 2.48. The molecular formula is C8H9BrN4O. The number of nitrogens with zero attached hydrogens (tertiary/aromatic N) is 3. The molecular weight excluding hydrogens is 248 g/mol.